The van der Waals surface area contributed by atoms with Gasteiger partial charge < -0.3 is 0 Å². The molecule has 22 heavy (non-hydrogen) atoms. The monoisotopic (exact) mass is 320 g/mol. The van der Waals surface area contributed by atoms with Gasteiger partial charge in [0.2, 0.25) is 0 Å². The average Bonchev–Trinajstić information content (AvgIpc) is 2.44. The van der Waals surface area contributed by atoms with Crippen LogP contribution in [0.3, 0.4) is 0 Å². The molecule has 0 unspecified atom stereocenters. The molecule has 0 aromatic heterocycles. The van der Waals surface area contributed by atoms with Gasteiger partial charge in [-0.3, -0.25) is 10.0 Å². The Morgan fingerprint density at radius 1 is 0.727 bits per heavy atom. The van der Waals surface area contributed by atoms with E-state index >= 15 is 0 Å². The molecule has 1 fully saturated rings. The minimum Gasteiger partial charge on any atom is -0.256 e. The maximum absolute atomic E-state index is 11.0. The molecule has 4 atom stereocenters. The third-order valence-electron chi connectivity index (χ3n) is 3.90. The Morgan fingerprint density at radius 2 is 1.00 bits per heavy atom. The van der Waals surface area contributed by atoms with Crippen LogP contribution in [0, 0.1) is 30.0 Å². The Kier molecular flexibility index (Phi) is 4.95. The van der Waals surface area contributed by atoms with Gasteiger partial charge >= 0.3 is 0 Å². The van der Waals surface area contributed by atoms with Crippen molar-refractivity contribution in [2.24, 2.45) is 10.6 Å². The predicted molar refractivity (Wildman–Crippen MR) is 71.8 cm³/mol. The lowest BCUT2D eigenvalue weighted by atomic mass is 9.73. The second-order valence-electron chi connectivity index (χ2n) is 4.90. The summed E-state index contributed by atoms with van der Waals surface area (Å²) in [5, 5.41) is 29.0. The van der Waals surface area contributed by atoms with Crippen molar-refractivity contribution in [3.05, 3.63) is 30.0 Å². The van der Waals surface area contributed by atoms with Crippen LogP contribution in [0.2, 0.25) is 0 Å². The van der Waals surface area contributed by atoms with Crippen LogP contribution in [-0.2, 0) is 0 Å². The smallest absolute Gasteiger partial charge is 0.160 e. The maximum Gasteiger partial charge on any atom is 0.160 e. The van der Waals surface area contributed by atoms with Crippen molar-refractivity contribution in [3.8, 4) is 0 Å². The maximum atomic E-state index is 11.0. The van der Waals surface area contributed by atoms with E-state index < -0.39 is 34.2 Å². The average molecular weight is 320 g/mol. The highest BCUT2D eigenvalue weighted by Gasteiger charge is 2.64. The summed E-state index contributed by atoms with van der Waals surface area (Å²) in [5.41, 5.74) is 0. The Bertz CT molecular complexity index is 434. The Morgan fingerprint density at radius 3 is 1.18 bits per heavy atom. The molecule has 124 valence electrons. The Balaban J connectivity index is 3.26. The summed E-state index contributed by atoms with van der Waals surface area (Å²) in [4.78, 5) is 43.5. The molecule has 1 aliphatic carbocycles. The minimum absolute atomic E-state index is 0.659. The standard InChI is InChI=1S/C8H16N8O6/c1-11(9-17)5-6(12(2)10-18)8(14(4)16(21)22)7(5)13(3)15(19)20/h5-8H,1-4H3/t5-,6-,7-,8-/m1/s1. The van der Waals surface area contributed by atoms with E-state index in [0.29, 0.717) is 10.0 Å². The van der Waals surface area contributed by atoms with Gasteiger partial charge in [-0.2, -0.15) is 0 Å². The van der Waals surface area contributed by atoms with E-state index in [4.69, 9.17) is 0 Å². The van der Waals surface area contributed by atoms with Gasteiger partial charge in [0.05, 0.1) is 24.7 Å². The van der Waals surface area contributed by atoms with Crippen LogP contribution in [0.1, 0.15) is 0 Å². The Labute approximate surface area is 124 Å². The van der Waals surface area contributed by atoms with E-state index in [1.165, 1.54) is 14.1 Å². The molecular formula is C8H16N8O6. The Hall–Kier alpha value is -2.80. The molecule has 0 aliphatic heterocycles. The lowest BCUT2D eigenvalue weighted by molar-refractivity contribution is -0.692. The van der Waals surface area contributed by atoms with Crippen molar-refractivity contribution in [3.63, 3.8) is 0 Å². The van der Waals surface area contributed by atoms with E-state index in [0.717, 1.165) is 24.1 Å². The number of nitro groups is 2. The van der Waals surface area contributed by atoms with Gasteiger partial charge in [0.1, 0.15) is 24.2 Å². The first-order valence-electron chi connectivity index (χ1n) is 6.05. The van der Waals surface area contributed by atoms with Crippen LogP contribution in [0.4, 0.5) is 0 Å². The van der Waals surface area contributed by atoms with Gasteiger partial charge in [0.15, 0.2) is 10.1 Å². The molecule has 0 spiro atoms. The van der Waals surface area contributed by atoms with Crippen LogP contribution in [0.25, 0.3) is 0 Å². The molecule has 0 saturated heterocycles. The lowest BCUT2D eigenvalue weighted by Gasteiger charge is -2.54. The molecule has 14 heteroatoms. The fourth-order valence-corrected chi connectivity index (χ4v) is 2.76. The fraction of sp³-hybridized carbons (Fsp3) is 1.00. The number of nitrogens with zero attached hydrogens (tertiary/aromatic N) is 8. The highest BCUT2D eigenvalue weighted by atomic mass is 16.7. The van der Waals surface area contributed by atoms with E-state index in [-0.39, 0.29) is 0 Å². The van der Waals surface area contributed by atoms with Crippen molar-refractivity contribution in [2.45, 2.75) is 24.2 Å². The molecule has 1 saturated carbocycles. The molecule has 0 N–H and O–H groups in total. The van der Waals surface area contributed by atoms with E-state index in [1.807, 2.05) is 0 Å². The van der Waals surface area contributed by atoms with Crippen LogP contribution in [0.15, 0.2) is 10.6 Å². The normalized spacial score (nSPS) is 26.4. The molecule has 0 heterocycles. The summed E-state index contributed by atoms with van der Waals surface area (Å²) in [6.45, 7) is 0. The number of likely N-dealkylation sites (N-methyl/N-ethyl adjacent to an activating group) is 4. The predicted octanol–water partition coefficient (Wildman–Crippen LogP) is -1.05. The molecule has 0 amide bonds. The second-order valence-corrected chi connectivity index (χ2v) is 4.90. The van der Waals surface area contributed by atoms with Crippen molar-refractivity contribution in [1.29, 1.82) is 0 Å². The van der Waals surface area contributed by atoms with Crippen LogP contribution in [-0.4, -0.2) is 82.5 Å². The van der Waals surface area contributed by atoms with Gasteiger partial charge in [-0.05, 0) is 0 Å². The van der Waals surface area contributed by atoms with Crippen LogP contribution < -0.4 is 0 Å². The first-order valence-corrected chi connectivity index (χ1v) is 6.05. The first kappa shape index (κ1) is 17.3. The third-order valence-corrected chi connectivity index (χ3v) is 3.90. The fourth-order valence-electron chi connectivity index (χ4n) is 2.76. The van der Waals surface area contributed by atoms with Crippen molar-refractivity contribution in [2.75, 3.05) is 28.2 Å². The number of nitroso groups, excluding NO2 is 2. The van der Waals surface area contributed by atoms with Crippen molar-refractivity contribution >= 4 is 0 Å². The SMILES string of the molecule is CN(N=O)[C@@H]1[C@@H](N(C)N=O)[C@@H](N(C)[N+](=O)[O-])[C@@H]1N(C)[N+](=O)[O-]. The van der Waals surface area contributed by atoms with Crippen LogP contribution in [0.5, 0.6) is 0 Å². The van der Waals surface area contributed by atoms with Gasteiger partial charge in [-0.25, -0.2) is 20.2 Å². The molecular weight excluding hydrogens is 304 g/mol. The van der Waals surface area contributed by atoms with Crippen molar-refractivity contribution < 1.29 is 10.1 Å². The van der Waals surface area contributed by atoms with Crippen LogP contribution >= 0.6 is 0 Å². The summed E-state index contributed by atoms with van der Waals surface area (Å²) < 4.78 is 0. The molecule has 1 aliphatic rings. The molecule has 14 nitrogen and oxygen atoms in total. The minimum atomic E-state index is -1.04. The summed E-state index contributed by atoms with van der Waals surface area (Å²) in [5.74, 6) is 0. The number of hydrazine groups is 2. The highest BCUT2D eigenvalue weighted by Crippen LogP contribution is 2.37. The van der Waals surface area contributed by atoms with Gasteiger partial charge in [0.25, 0.3) is 0 Å². The summed E-state index contributed by atoms with van der Waals surface area (Å²) in [6.07, 6.45) is 0. The zero-order valence-corrected chi connectivity index (χ0v) is 12.3. The molecule has 0 bridgehead atoms. The zero-order chi connectivity index (χ0) is 17.2. The van der Waals surface area contributed by atoms with E-state index in [2.05, 4.69) is 10.6 Å². The molecule has 0 aromatic carbocycles. The second kappa shape index (κ2) is 6.31. The quantitative estimate of drug-likeness (QED) is 0.306. The molecule has 1 rings (SSSR count). The number of rotatable bonds is 8. The zero-order valence-electron chi connectivity index (χ0n) is 12.3. The number of hydrogen-bond acceptors (Lipinski definition) is 8. The molecule has 0 aromatic rings. The third kappa shape index (κ3) is 2.66. The summed E-state index contributed by atoms with van der Waals surface area (Å²) in [6, 6.07) is -3.91. The largest absolute Gasteiger partial charge is 0.256 e. The first-order chi connectivity index (χ1) is 10.2. The van der Waals surface area contributed by atoms with Crippen molar-refractivity contribution in [1.82, 2.24) is 20.0 Å². The van der Waals surface area contributed by atoms with E-state index in [9.17, 15) is 30.0 Å². The number of hydrogen-bond donors (Lipinski definition) is 0. The highest BCUT2D eigenvalue weighted by molar-refractivity contribution is 5.13. The summed E-state index contributed by atoms with van der Waals surface area (Å²) in [7, 11) is 4.79. The summed E-state index contributed by atoms with van der Waals surface area (Å²) >= 11 is 0. The molecule has 0 radical (unpaired) electrons. The van der Waals surface area contributed by atoms with Gasteiger partial charge in [-0.1, -0.05) is 0 Å². The lowest BCUT2D eigenvalue weighted by Crippen LogP contribution is -2.80. The van der Waals surface area contributed by atoms with E-state index in [1.54, 1.807) is 0 Å². The van der Waals surface area contributed by atoms with Gasteiger partial charge in [-0.15, -0.1) is 19.8 Å². The van der Waals surface area contributed by atoms with Gasteiger partial charge in [0, 0.05) is 14.1 Å². The topological polar surface area (TPSA) is 158 Å².